The van der Waals surface area contributed by atoms with Crippen LogP contribution in [0.3, 0.4) is 0 Å². The van der Waals surface area contributed by atoms with E-state index in [2.05, 4.69) is 4.98 Å². The van der Waals surface area contributed by atoms with Gasteiger partial charge in [0.15, 0.2) is 0 Å². The summed E-state index contributed by atoms with van der Waals surface area (Å²) in [7, 11) is 2.85. The minimum Gasteiger partial charge on any atom is -0.495 e. The first-order chi connectivity index (χ1) is 7.58. The molecule has 88 valence electrons. The molecule has 1 rings (SSSR count). The highest BCUT2D eigenvalue weighted by molar-refractivity contribution is 5.68. The average Bonchev–Trinajstić information content (AvgIpc) is 2.27. The number of carbonyl (C=O) groups is 1. The molecule has 1 aromatic heterocycles. The third kappa shape index (κ3) is 2.83. The summed E-state index contributed by atoms with van der Waals surface area (Å²) in [5, 5.41) is 18.3. The Morgan fingerprint density at radius 3 is 2.69 bits per heavy atom. The zero-order valence-electron chi connectivity index (χ0n) is 9.01. The van der Waals surface area contributed by atoms with E-state index in [1.54, 1.807) is 0 Å². The Morgan fingerprint density at radius 2 is 2.19 bits per heavy atom. The first kappa shape index (κ1) is 12.3. The number of rotatable bonds is 5. The molecular weight excluding hydrogens is 214 g/mol. The van der Waals surface area contributed by atoms with Crippen molar-refractivity contribution >= 4 is 5.97 Å². The van der Waals surface area contributed by atoms with Crippen molar-refractivity contribution in [2.75, 3.05) is 14.2 Å². The fourth-order valence-corrected chi connectivity index (χ4v) is 1.26. The van der Waals surface area contributed by atoms with Crippen molar-refractivity contribution in [2.45, 2.75) is 12.5 Å². The van der Waals surface area contributed by atoms with Gasteiger partial charge in [-0.05, 0) is 0 Å². The number of nitrogens with zero attached hydrogens (tertiary/aromatic N) is 1. The molecule has 0 fully saturated rings. The Balaban J connectivity index is 3.02. The number of aliphatic carboxylic acids is 1. The van der Waals surface area contributed by atoms with Crippen molar-refractivity contribution in [1.82, 2.24) is 4.98 Å². The zero-order valence-corrected chi connectivity index (χ0v) is 9.01. The molecule has 6 heteroatoms. The predicted octanol–water partition coefficient (Wildman–Crippen LogP) is 0.607. The van der Waals surface area contributed by atoms with Crippen LogP contribution in [0.2, 0.25) is 0 Å². The second-order valence-corrected chi connectivity index (χ2v) is 3.08. The van der Waals surface area contributed by atoms with Gasteiger partial charge in [-0.15, -0.1) is 0 Å². The quantitative estimate of drug-likeness (QED) is 0.766. The molecule has 1 heterocycles. The number of carboxylic acid groups (broad SMARTS) is 1. The molecule has 0 aliphatic carbocycles. The molecule has 2 N–H and O–H groups in total. The molecule has 0 aliphatic rings. The van der Waals surface area contributed by atoms with Crippen molar-refractivity contribution in [3.63, 3.8) is 0 Å². The molecule has 0 radical (unpaired) electrons. The largest absolute Gasteiger partial charge is 0.495 e. The Kier molecular flexibility index (Phi) is 4.07. The van der Waals surface area contributed by atoms with Crippen LogP contribution in [-0.2, 0) is 4.79 Å². The molecule has 0 saturated heterocycles. The first-order valence-electron chi connectivity index (χ1n) is 4.56. The lowest BCUT2D eigenvalue weighted by atomic mass is 10.1. The van der Waals surface area contributed by atoms with Crippen LogP contribution < -0.4 is 9.47 Å². The van der Waals surface area contributed by atoms with Crippen LogP contribution in [0, 0.1) is 0 Å². The average molecular weight is 227 g/mol. The van der Waals surface area contributed by atoms with Crippen LogP contribution in [-0.4, -0.2) is 35.4 Å². The van der Waals surface area contributed by atoms with Gasteiger partial charge in [-0.25, -0.2) is 4.98 Å². The number of aromatic nitrogens is 1. The number of aliphatic hydroxyl groups is 1. The van der Waals surface area contributed by atoms with E-state index in [0.717, 1.165) is 0 Å². The minimum atomic E-state index is -1.15. The van der Waals surface area contributed by atoms with Crippen molar-refractivity contribution in [1.29, 1.82) is 0 Å². The predicted molar refractivity (Wildman–Crippen MR) is 54.6 cm³/mol. The zero-order chi connectivity index (χ0) is 12.1. The summed E-state index contributed by atoms with van der Waals surface area (Å²) >= 11 is 0. The number of carboxylic acids is 1. The molecule has 0 saturated carbocycles. The second-order valence-electron chi connectivity index (χ2n) is 3.08. The Hall–Kier alpha value is -1.82. The highest BCUT2D eigenvalue weighted by Gasteiger charge is 2.18. The first-order valence-corrected chi connectivity index (χ1v) is 4.56. The van der Waals surface area contributed by atoms with E-state index in [9.17, 15) is 9.90 Å². The standard InChI is InChI=1S/C10H13NO5/c1-15-8-5-11-9(16-2)3-6(8)7(12)4-10(13)14/h3,5,7,12H,4H2,1-2H3,(H,13,14)/t7-/m0/s1. The normalized spacial score (nSPS) is 11.9. The van der Waals surface area contributed by atoms with Crippen molar-refractivity contribution in [2.24, 2.45) is 0 Å². The number of hydrogen-bond donors (Lipinski definition) is 2. The van der Waals surface area contributed by atoms with Gasteiger partial charge >= 0.3 is 5.97 Å². The molecule has 0 aliphatic heterocycles. The minimum absolute atomic E-state index is 0.292. The lowest BCUT2D eigenvalue weighted by molar-refractivity contribution is -0.139. The van der Waals surface area contributed by atoms with E-state index >= 15 is 0 Å². The van der Waals surface area contributed by atoms with Gasteiger partial charge in [0.2, 0.25) is 5.88 Å². The van der Waals surface area contributed by atoms with Gasteiger partial charge in [0.25, 0.3) is 0 Å². The summed E-state index contributed by atoms with van der Waals surface area (Å²) in [5.41, 5.74) is 0.344. The smallest absolute Gasteiger partial charge is 0.306 e. The topological polar surface area (TPSA) is 88.9 Å². The third-order valence-electron chi connectivity index (χ3n) is 2.03. The highest BCUT2D eigenvalue weighted by Crippen LogP contribution is 2.29. The van der Waals surface area contributed by atoms with Gasteiger partial charge in [0.05, 0.1) is 32.9 Å². The van der Waals surface area contributed by atoms with Gasteiger partial charge in [0.1, 0.15) is 5.75 Å². The third-order valence-corrected chi connectivity index (χ3v) is 2.03. The molecule has 16 heavy (non-hydrogen) atoms. The van der Waals surface area contributed by atoms with E-state index in [1.165, 1.54) is 26.5 Å². The van der Waals surface area contributed by atoms with Crippen LogP contribution in [0.15, 0.2) is 12.3 Å². The lowest BCUT2D eigenvalue weighted by Gasteiger charge is -2.13. The summed E-state index contributed by atoms with van der Waals surface area (Å²) in [6.45, 7) is 0. The van der Waals surface area contributed by atoms with Gasteiger partial charge in [-0.2, -0.15) is 0 Å². The maximum atomic E-state index is 10.5. The fraction of sp³-hybridized carbons (Fsp3) is 0.400. The maximum absolute atomic E-state index is 10.5. The van der Waals surface area contributed by atoms with Crippen LogP contribution in [0.5, 0.6) is 11.6 Å². The van der Waals surface area contributed by atoms with Gasteiger partial charge in [0, 0.05) is 11.6 Å². The van der Waals surface area contributed by atoms with Crippen molar-refractivity contribution in [3.8, 4) is 11.6 Å². The van der Waals surface area contributed by atoms with Crippen LogP contribution in [0.25, 0.3) is 0 Å². The number of hydrogen-bond acceptors (Lipinski definition) is 5. The molecule has 0 spiro atoms. The van der Waals surface area contributed by atoms with Crippen LogP contribution in [0.1, 0.15) is 18.1 Å². The van der Waals surface area contributed by atoms with Gasteiger partial charge in [-0.1, -0.05) is 0 Å². The Bertz CT molecular complexity index is 379. The Morgan fingerprint density at radius 1 is 1.50 bits per heavy atom. The molecule has 0 bridgehead atoms. The summed E-state index contributed by atoms with van der Waals surface area (Å²) in [4.78, 5) is 14.4. The molecule has 1 atom stereocenters. The van der Waals surface area contributed by atoms with Gasteiger partial charge < -0.3 is 19.7 Å². The summed E-state index contributed by atoms with van der Waals surface area (Å²) in [5.74, 6) is -0.472. The van der Waals surface area contributed by atoms with E-state index in [1.807, 2.05) is 0 Å². The number of ether oxygens (including phenoxy) is 2. The van der Waals surface area contributed by atoms with Crippen molar-refractivity contribution in [3.05, 3.63) is 17.8 Å². The second kappa shape index (κ2) is 5.32. The molecule has 1 aromatic rings. The summed E-state index contributed by atoms with van der Waals surface area (Å²) in [6, 6.07) is 1.45. The number of pyridine rings is 1. The molecular formula is C10H13NO5. The van der Waals surface area contributed by atoms with E-state index in [4.69, 9.17) is 14.6 Å². The lowest BCUT2D eigenvalue weighted by Crippen LogP contribution is -2.07. The summed E-state index contributed by atoms with van der Waals surface area (Å²) < 4.78 is 9.86. The van der Waals surface area contributed by atoms with Crippen molar-refractivity contribution < 1.29 is 24.5 Å². The summed E-state index contributed by atoms with van der Waals surface area (Å²) in [6.07, 6.45) is -0.174. The van der Waals surface area contributed by atoms with E-state index < -0.39 is 18.5 Å². The van der Waals surface area contributed by atoms with E-state index in [0.29, 0.717) is 17.2 Å². The molecule has 6 nitrogen and oxygen atoms in total. The van der Waals surface area contributed by atoms with Crippen LogP contribution in [0.4, 0.5) is 0 Å². The monoisotopic (exact) mass is 227 g/mol. The molecule has 0 aromatic carbocycles. The number of methoxy groups -OCH3 is 2. The number of aliphatic hydroxyl groups excluding tert-OH is 1. The van der Waals surface area contributed by atoms with Gasteiger partial charge in [-0.3, -0.25) is 4.79 Å². The molecule has 0 unspecified atom stereocenters. The highest BCUT2D eigenvalue weighted by atomic mass is 16.5. The Labute approximate surface area is 92.5 Å². The SMILES string of the molecule is COc1cc([C@@H](O)CC(=O)O)c(OC)cn1. The fourth-order valence-electron chi connectivity index (χ4n) is 1.26. The van der Waals surface area contributed by atoms with E-state index in [-0.39, 0.29) is 0 Å². The molecule has 0 amide bonds. The van der Waals surface area contributed by atoms with Crippen LogP contribution >= 0.6 is 0 Å². The maximum Gasteiger partial charge on any atom is 0.306 e.